The predicted molar refractivity (Wildman–Crippen MR) is 55.1 cm³/mol. The topological polar surface area (TPSA) is 82.8 Å². The lowest BCUT2D eigenvalue weighted by atomic mass is 10.2. The van der Waals surface area contributed by atoms with Crippen molar-refractivity contribution < 1.29 is 19.1 Å². The predicted octanol–water partition coefficient (Wildman–Crippen LogP) is -0.565. The summed E-state index contributed by atoms with van der Waals surface area (Å²) in [6.45, 7) is 1.34. The van der Waals surface area contributed by atoms with Gasteiger partial charge < -0.3 is 15.2 Å². The van der Waals surface area contributed by atoms with Crippen LogP contribution in [0.4, 0.5) is 0 Å². The van der Waals surface area contributed by atoms with Crippen LogP contribution in [-0.4, -0.2) is 46.0 Å². The van der Waals surface area contributed by atoms with Crippen molar-refractivity contribution in [3.63, 3.8) is 0 Å². The molecule has 0 bridgehead atoms. The number of carbonyl (C=O) groups is 1. The van der Waals surface area contributed by atoms with E-state index in [1.54, 1.807) is 14.2 Å². The maximum absolute atomic E-state index is 11.3. The van der Waals surface area contributed by atoms with Crippen LogP contribution in [0.1, 0.15) is 12.8 Å². The fourth-order valence-electron chi connectivity index (χ4n) is 0.902. The van der Waals surface area contributed by atoms with Crippen molar-refractivity contribution >= 4 is 5.91 Å². The van der Waals surface area contributed by atoms with E-state index in [0.717, 1.165) is 6.42 Å². The van der Waals surface area contributed by atoms with Crippen molar-refractivity contribution in [2.45, 2.75) is 18.9 Å². The SMILES string of the molecule is COCCCC(N)C(=O)NOCCOC. The van der Waals surface area contributed by atoms with E-state index in [1.165, 1.54) is 0 Å². The lowest BCUT2D eigenvalue weighted by Crippen LogP contribution is -2.41. The van der Waals surface area contributed by atoms with Gasteiger partial charge in [0.05, 0.1) is 19.3 Å². The van der Waals surface area contributed by atoms with Gasteiger partial charge in [-0.3, -0.25) is 9.63 Å². The number of amides is 1. The van der Waals surface area contributed by atoms with Crippen LogP contribution < -0.4 is 11.2 Å². The monoisotopic (exact) mass is 220 g/mol. The third-order valence-corrected chi connectivity index (χ3v) is 1.76. The lowest BCUT2D eigenvalue weighted by molar-refractivity contribution is -0.136. The maximum atomic E-state index is 11.3. The second-order valence-corrected chi connectivity index (χ2v) is 3.05. The van der Waals surface area contributed by atoms with Gasteiger partial charge in [-0.1, -0.05) is 0 Å². The molecule has 0 aromatic rings. The summed E-state index contributed by atoms with van der Waals surface area (Å²) >= 11 is 0. The molecule has 0 rings (SSSR count). The molecule has 0 spiro atoms. The fourth-order valence-corrected chi connectivity index (χ4v) is 0.902. The summed E-state index contributed by atoms with van der Waals surface area (Å²) < 4.78 is 9.59. The zero-order valence-corrected chi connectivity index (χ0v) is 9.32. The van der Waals surface area contributed by atoms with Crippen LogP contribution in [0.15, 0.2) is 0 Å². The number of hydrogen-bond acceptors (Lipinski definition) is 5. The van der Waals surface area contributed by atoms with Gasteiger partial charge in [-0.25, -0.2) is 5.48 Å². The molecule has 6 heteroatoms. The second-order valence-electron chi connectivity index (χ2n) is 3.05. The summed E-state index contributed by atoms with van der Waals surface area (Å²) in [5.74, 6) is -0.317. The highest BCUT2D eigenvalue weighted by atomic mass is 16.7. The number of nitrogens with two attached hydrogens (primary N) is 1. The molecular weight excluding hydrogens is 200 g/mol. The molecule has 0 saturated heterocycles. The van der Waals surface area contributed by atoms with E-state index in [9.17, 15) is 4.79 Å². The van der Waals surface area contributed by atoms with Crippen molar-refractivity contribution in [3.05, 3.63) is 0 Å². The van der Waals surface area contributed by atoms with Gasteiger partial charge in [0.2, 0.25) is 0 Å². The minimum Gasteiger partial charge on any atom is -0.385 e. The van der Waals surface area contributed by atoms with Gasteiger partial charge in [0, 0.05) is 20.8 Å². The van der Waals surface area contributed by atoms with Crippen LogP contribution >= 0.6 is 0 Å². The molecule has 1 unspecified atom stereocenters. The minimum atomic E-state index is -0.553. The summed E-state index contributed by atoms with van der Waals surface area (Å²) in [5, 5.41) is 0. The molecule has 3 N–H and O–H groups in total. The molecule has 0 aliphatic rings. The second kappa shape index (κ2) is 9.85. The average molecular weight is 220 g/mol. The first-order valence-electron chi connectivity index (χ1n) is 4.87. The van der Waals surface area contributed by atoms with Gasteiger partial charge in [0.25, 0.3) is 5.91 Å². The molecule has 0 aromatic carbocycles. The number of nitrogens with one attached hydrogen (secondary N) is 1. The molecule has 0 aliphatic heterocycles. The third kappa shape index (κ3) is 8.31. The molecule has 0 aliphatic carbocycles. The molecule has 90 valence electrons. The Balaban J connectivity index is 3.42. The van der Waals surface area contributed by atoms with E-state index in [4.69, 9.17) is 20.0 Å². The molecule has 0 aromatic heterocycles. The van der Waals surface area contributed by atoms with Crippen molar-refractivity contribution in [3.8, 4) is 0 Å². The first-order valence-corrected chi connectivity index (χ1v) is 4.87. The van der Waals surface area contributed by atoms with Crippen molar-refractivity contribution in [2.75, 3.05) is 34.0 Å². The van der Waals surface area contributed by atoms with Crippen LogP contribution in [0.5, 0.6) is 0 Å². The Morgan fingerprint density at radius 3 is 2.53 bits per heavy atom. The molecule has 0 heterocycles. The number of ether oxygens (including phenoxy) is 2. The number of methoxy groups -OCH3 is 2. The Morgan fingerprint density at radius 2 is 1.93 bits per heavy atom. The van der Waals surface area contributed by atoms with E-state index in [-0.39, 0.29) is 5.91 Å². The Hall–Kier alpha value is -0.690. The highest BCUT2D eigenvalue weighted by Gasteiger charge is 2.12. The van der Waals surface area contributed by atoms with Crippen molar-refractivity contribution in [1.29, 1.82) is 0 Å². The van der Waals surface area contributed by atoms with E-state index in [1.807, 2.05) is 0 Å². The zero-order valence-electron chi connectivity index (χ0n) is 9.32. The average Bonchev–Trinajstić information content (AvgIpc) is 2.24. The van der Waals surface area contributed by atoms with Crippen LogP contribution in [-0.2, 0) is 19.1 Å². The number of carbonyl (C=O) groups excluding carboxylic acids is 1. The van der Waals surface area contributed by atoms with E-state index in [2.05, 4.69) is 5.48 Å². The van der Waals surface area contributed by atoms with Crippen LogP contribution in [0, 0.1) is 0 Å². The highest BCUT2D eigenvalue weighted by molar-refractivity contribution is 5.80. The Labute approximate surface area is 90.0 Å². The molecular formula is C9H20N2O4. The summed E-state index contributed by atoms with van der Waals surface area (Å²) in [6, 6.07) is -0.553. The molecule has 1 atom stereocenters. The van der Waals surface area contributed by atoms with Crippen molar-refractivity contribution in [1.82, 2.24) is 5.48 Å². The fraction of sp³-hybridized carbons (Fsp3) is 0.889. The first-order chi connectivity index (χ1) is 7.22. The maximum Gasteiger partial charge on any atom is 0.260 e. The van der Waals surface area contributed by atoms with Crippen LogP contribution in [0.2, 0.25) is 0 Å². The standard InChI is InChI=1S/C9H20N2O4/c1-13-5-3-4-8(10)9(12)11-15-7-6-14-2/h8H,3-7,10H2,1-2H3,(H,11,12). The molecule has 15 heavy (non-hydrogen) atoms. The summed E-state index contributed by atoms with van der Waals surface area (Å²) in [6.07, 6.45) is 1.33. The van der Waals surface area contributed by atoms with Gasteiger partial charge >= 0.3 is 0 Å². The molecule has 0 saturated carbocycles. The van der Waals surface area contributed by atoms with Gasteiger partial charge in [-0.05, 0) is 12.8 Å². The van der Waals surface area contributed by atoms with Crippen LogP contribution in [0.3, 0.4) is 0 Å². The summed E-state index contributed by atoms with van der Waals surface area (Å²) in [5.41, 5.74) is 7.85. The van der Waals surface area contributed by atoms with Gasteiger partial charge in [-0.15, -0.1) is 0 Å². The van der Waals surface area contributed by atoms with Gasteiger partial charge in [0.1, 0.15) is 0 Å². The lowest BCUT2D eigenvalue weighted by Gasteiger charge is -2.11. The minimum absolute atomic E-state index is 0.313. The summed E-state index contributed by atoms with van der Waals surface area (Å²) in [4.78, 5) is 16.1. The van der Waals surface area contributed by atoms with Gasteiger partial charge in [-0.2, -0.15) is 0 Å². The molecule has 0 radical (unpaired) electrons. The Morgan fingerprint density at radius 1 is 1.27 bits per heavy atom. The Bertz CT molecular complexity index is 166. The Kier molecular flexibility index (Phi) is 9.40. The molecule has 6 nitrogen and oxygen atoms in total. The normalized spacial score (nSPS) is 12.5. The smallest absolute Gasteiger partial charge is 0.260 e. The quantitative estimate of drug-likeness (QED) is 0.402. The largest absolute Gasteiger partial charge is 0.385 e. The third-order valence-electron chi connectivity index (χ3n) is 1.76. The van der Waals surface area contributed by atoms with Crippen LogP contribution in [0.25, 0.3) is 0 Å². The number of hydrogen-bond donors (Lipinski definition) is 2. The van der Waals surface area contributed by atoms with E-state index >= 15 is 0 Å². The van der Waals surface area contributed by atoms with E-state index in [0.29, 0.717) is 26.2 Å². The zero-order chi connectivity index (χ0) is 11.5. The van der Waals surface area contributed by atoms with Crippen molar-refractivity contribution in [2.24, 2.45) is 5.73 Å². The highest BCUT2D eigenvalue weighted by Crippen LogP contribution is 1.94. The summed E-state index contributed by atoms with van der Waals surface area (Å²) in [7, 11) is 3.17. The number of hydroxylamine groups is 1. The molecule has 0 fully saturated rings. The number of rotatable bonds is 9. The first kappa shape index (κ1) is 14.3. The molecule has 1 amide bonds. The van der Waals surface area contributed by atoms with Gasteiger partial charge in [0.15, 0.2) is 0 Å². The van der Waals surface area contributed by atoms with E-state index < -0.39 is 6.04 Å².